The van der Waals surface area contributed by atoms with Crippen molar-refractivity contribution in [2.24, 2.45) is 0 Å². The average molecular weight is 477 g/mol. The first-order chi connectivity index (χ1) is 15.8. The topological polar surface area (TPSA) is 103 Å². The lowest BCUT2D eigenvalue weighted by molar-refractivity contribution is 0.0946. The molecular formula is C24H36N4O4S. The lowest BCUT2D eigenvalue weighted by Gasteiger charge is -2.35. The maximum absolute atomic E-state index is 13.0. The number of nitrogens with zero attached hydrogens (tertiary/aromatic N) is 2. The number of benzene rings is 1. The highest BCUT2D eigenvalue weighted by atomic mass is 32.2. The number of aromatic nitrogens is 1. The van der Waals surface area contributed by atoms with Crippen LogP contribution in [0.4, 0.5) is 0 Å². The maximum Gasteiger partial charge on any atom is 0.256 e. The van der Waals surface area contributed by atoms with Gasteiger partial charge in [0.05, 0.1) is 4.90 Å². The highest BCUT2D eigenvalue weighted by Gasteiger charge is 2.23. The molecule has 0 unspecified atom stereocenters. The van der Waals surface area contributed by atoms with E-state index in [0.29, 0.717) is 31.2 Å². The van der Waals surface area contributed by atoms with Crippen LogP contribution >= 0.6 is 0 Å². The predicted molar refractivity (Wildman–Crippen MR) is 131 cm³/mol. The number of pyridine rings is 1. The molecule has 1 fully saturated rings. The average Bonchev–Trinajstić information content (AvgIpc) is 2.82. The summed E-state index contributed by atoms with van der Waals surface area (Å²) < 4.78 is 27.0. The van der Waals surface area contributed by atoms with E-state index in [2.05, 4.69) is 22.1 Å². The molecule has 1 aromatic carbocycles. The number of fused-ring (bicyclic) bond motifs is 1. The van der Waals surface area contributed by atoms with Crippen molar-refractivity contribution in [3.63, 3.8) is 0 Å². The summed E-state index contributed by atoms with van der Waals surface area (Å²) in [6, 6.07) is 5.03. The van der Waals surface area contributed by atoms with Gasteiger partial charge in [0, 0.05) is 49.3 Å². The molecule has 0 bridgehead atoms. The number of rotatable bonds is 10. The molecule has 2 heterocycles. The molecule has 0 spiro atoms. The Morgan fingerprint density at radius 1 is 1.21 bits per heavy atom. The summed E-state index contributed by atoms with van der Waals surface area (Å²) in [5.41, 5.74) is 0.00923. The van der Waals surface area contributed by atoms with Gasteiger partial charge < -0.3 is 15.2 Å². The summed E-state index contributed by atoms with van der Waals surface area (Å²) in [5, 5.41) is 3.04. The van der Waals surface area contributed by atoms with E-state index in [1.165, 1.54) is 41.9 Å². The van der Waals surface area contributed by atoms with E-state index in [1.54, 1.807) is 19.9 Å². The number of amides is 1. The van der Waals surface area contributed by atoms with E-state index in [-0.39, 0.29) is 15.8 Å². The first kappa shape index (κ1) is 25.4. The first-order valence-corrected chi connectivity index (χ1v) is 13.4. The predicted octanol–water partition coefficient (Wildman–Crippen LogP) is 2.94. The Morgan fingerprint density at radius 3 is 2.67 bits per heavy atom. The second-order valence-corrected chi connectivity index (χ2v) is 10.5. The van der Waals surface area contributed by atoms with Crippen LogP contribution in [-0.4, -0.2) is 67.3 Å². The zero-order valence-corrected chi connectivity index (χ0v) is 20.7. The molecule has 182 valence electrons. The molecule has 3 rings (SSSR count). The Balaban J connectivity index is 1.72. The van der Waals surface area contributed by atoms with Gasteiger partial charge in [-0.2, -0.15) is 4.31 Å². The highest BCUT2D eigenvalue weighted by molar-refractivity contribution is 7.89. The van der Waals surface area contributed by atoms with Crippen LogP contribution in [0, 0.1) is 0 Å². The second kappa shape index (κ2) is 11.3. The lowest BCUT2D eigenvalue weighted by atomic mass is 10.00. The van der Waals surface area contributed by atoms with Crippen LogP contribution in [0.15, 0.2) is 34.1 Å². The zero-order chi connectivity index (χ0) is 24.0. The minimum Gasteiger partial charge on any atom is -0.360 e. The minimum absolute atomic E-state index is 0.00991. The Labute approximate surface area is 196 Å². The van der Waals surface area contributed by atoms with Crippen molar-refractivity contribution >= 4 is 26.8 Å². The third kappa shape index (κ3) is 5.65. The van der Waals surface area contributed by atoms with E-state index >= 15 is 0 Å². The summed E-state index contributed by atoms with van der Waals surface area (Å²) in [6.45, 7) is 8.96. The molecule has 1 amide bonds. The van der Waals surface area contributed by atoms with E-state index < -0.39 is 21.4 Å². The van der Waals surface area contributed by atoms with Gasteiger partial charge in [0.15, 0.2) is 0 Å². The van der Waals surface area contributed by atoms with Crippen LogP contribution in [0.25, 0.3) is 10.9 Å². The number of nitrogens with one attached hydrogen (secondary N) is 2. The van der Waals surface area contributed by atoms with Gasteiger partial charge in [0.1, 0.15) is 5.56 Å². The van der Waals surface area contributed by atoms with Crippen molar-refractivity contribution in [3.05, 3.63) is 40.2 Å². The molecule has 8 nitrogen and oxygen atoms in total. The van der Waals surface area contributed by atoms with E-state index in [1.807, 2.05) is 0 Å². The molecule has 0 saturated carbocycles. The third-order valence-corrected chi connectivity index (χ3v) is 8.61. The van der Waals surface area contributed by atoms with Gasteiger partial charge >= 0.3 is 0 Å². The number of carbonyl (C=O) groups excluding carboxylic acids is 1. The SMILES string of the molecule is CC[C@@H]1CCCCN1CCCNC(=O)c1c[nH]c2ccc(S(=O)(=O)N(CC)CC)cc2c1=O. The van der Waals surface area contributed by atoms with Crippen LogP contribution in [-0.2, 0) is 10.0 Å². The fraction of sp³-hybridized carbons (Fsp3) is 0.583. The molecule has 1 saturated heterocycles. The monoisotopic (exact) mass is 476 g/mol. The molecule has 1 atom stereocenters. The second-order valence-electron chi connectivity index (χ2n) is 8.53. The number of hydrogen-bond donors (Lipinski definition) is 2. The Kier molecular flexibility index (Phi) is 8.67. The lowest BCUT2D eigenvalue weighted by Crippen LogP contribution is -2.40. The Bertz CT molecular complexity index is 1120. The van der Waals surface area contributed by atoms with Crippen molar-refractivity contribution in [2.75, 3.05) is 32.7 Å². The smallest absolute Gasteiger partial charge is 0.256 e. The van der Waals surface area contributed by atoms with Gasteiger partial charge in [-0.15, -0.1) is 0 Å². The summed E-state index contributed by atoms with van der Waals surface area (Å²) >= 11 is 0. The molecule has 2 aromatic rings. The molecule has 1 aliphatic rings. The Morgan fingerprint density at radius 2 is 1.97 bits per heavy atom. The van der Waals surface area contributed by atoms with Crippen molar-refractivity contribution in [3.8, 4) is 0 Å². The minimum atomic E-state index is -3.70. The highest BCUT2D eigenvalue weighted by Crippen LogP contribution is 2.20. The zero-order valence-electron chi connectivity index (χ0n) is 19.9. The van der Waals surface area contributed by atoms with Gasteiger partial charge in [0.25, 0.3) is 5.91 Å². The quantitative estimate of drug-likeness (QED) is 0.513. The number of carbonyl (C=O) groups is 1. The number of H-pyrrole nitrogens is 1. The van der Waals surface area contributed by atoms with Crippen molar-refractivity contribution in [2.45, 2.75) is 63.8 Å². The fourth-order valence-electron chi connectivity index (χ4n) is 4.64. The molecule has 1 aliphatic heterocycles. The van der Waals surface area contributed by atoms with Crippen LogP contribution in [0.3, 0.4) is 0 Å². The van der Waals surface area contributed by atoms with Crippen molar-refractivity contribution in [1.29, 1.82) is 0 Å². The summed E-state index contributed by atoms with van der Waals surface area (Å²) in [7, 11) is -3.70. The molecular weight excluding hydrogens is 440 g/mol. The van der Waals surface area contributed by atoms with Gasteiger partial charge in [-0.3, -0.25) is 9.59 Å². The van der Waals surface area contributed by atoms with Crippen LogP contribution < -0.4 is 10.7 Å². The summed E-state index contributed by atoms with van der Waals surface area (Å²) in [4.78, 5) is 31.2. The summed E-state index contributed by atoms with van der Waals surface area (Å²) in [5.74, 6) is -0.444. The largest absolute Gasteiger partial charge is 0.360 e. The third-order valence-electron chi connectivity index (χ3n) is 6.57. The van der Waals surface area contributed by atoms with Gasteiger partial charge in [-0.05, 0) is 50.4 Å². The standard InChI is InChI=1S/C24H36N4O4S/c1-4-18-10-7-8-14-27(18)15-9-13-25-24(30)21-17-26-22-12-11-19(16-20(22)23(21)29)33(31,32)28(5-2)6-3/h11-12,16-18H,4-10,13-15H2,1-3H3,(H,25,30)(H,26,29)/t18-/m1/s1. The van der Waals surface area contributed by atoms with E-state index in [0.717, 1.165) is 25.9 Å². The van der Waals surface area contributed by atoms with Gasteiger partial charge in [-0.1, -0.05) is 27.2 Å². The van der Waals surface area contributed by atoms with Crippen molar-refractivity contribution < 1.29 is 13.2 Å². The molecule has 33 heavy (non-hydrogen) atoms. The summed E-state index contributed by atoms with van der Waals surface area (Å²) in [6.07, 6.45) is 7.11. The van der Waals surface area contributed by atoms with Crippen LogP contribution in [0.1, 0.15) is 63.2 Å². The van der Waals surface area contributed by atoms with Gasteiger partial charge in [0.2, 0.25) is 15.5 Å². The Hall–Kier alpha value is -2.23. The molecule has 1 aromatic heterocycles. The number of aromatic amines is 1. The number of sulfonamides is 1. The number of likely N-dealkylation sites (tertiary alicyclic amines) is 1. The number of piperidine rings is 1. The van der Waals surface area contributed by atoms with Crippen LogP contribution in [0.5, 0.6) is 0 Å². The first-order valence-electron chi connectivity index (χ1n) is 12.0. The number of hydrogen-bond acceptors (Lipinski definition) is 5. The van der Waals surface area contributed by atoms with E-state index in [9.17, 15) is 18.0 Å². The molecule has 9 heteroatoms. The maximum atomic E-state index is 13.0. The molecule has 0 aliphatic carbocycles. The molecule has 0 radical (unpaired) electrons. The van der Waals surface area contributed by atoms with Crippen LogP contribution in [0.2, 0.25) is 0 Å². The van der Waals surface area contributed by atoms with E-state index in [4.69, 9.17) is 0 Å². The fourth-order valence-corrected chi connectivity index (χ4v) is 6.12. The van der Waals surface area contributed by atoms with Crippen molar-refractivity contribution in [1.82, 2.24) is 19.5 Å². The molecule has 2 N–H and O–H groups in total. The van der Waals surface area contributed by atoms with Gasteiger partial charge in [-0.25, -0.2) is 8.42 Å². The normalized spacial score (nSPS) is 17.5.